The van der Waals surface area contributed by atoms with Crippen LogP contribution in [0.5, 0.6) is 17.2 Å². The van der Waals surface area contributed by atoms with Crippen molar-refractivity contribution in [2.24, 2.45) is 0 Å². The Hall–Kier alpha value is -1.94. The Bertz CT molecular complexity index is 668. The second kappa shape index (κ2) is 10.0. The van der Waals surface area contributed by atoms with Crippen LogP contribution in [-0.4, -0.2) is 20.3 Å². The van der Waals surface area contributed by atoms with E-state index in [2.05, 4.69) is 15.9 Å². The standard InChI is InChI=1S/C20H23BrO3/c1-3-8-16-11-12-19(20(15-16)22-2)24-14-7-6-13-23-18-10-5-4-9-17(18)21/h3-5,8-12,15H,6-7,13-14H2,1-2H3/b8-3+. The highest BCUT2D eigenvalue weighted by Crippen LogP contribution is 2.29. The van der Waals surface area contributed by atoms with Crippen LogP contribution < -0.4 is 14.2 Å². The summed E-state index contributed by atoms with van der Waals surface area (Å²) in [5, 5.41) is 0. The smallest absolute Gasteiger partial charge is 0.161 e. The van der Waals surface area contributed by atoms with E-state index in [4.69, 9.17) is 14.2 Å². The second-order valence-electron chi connectivity index (χ2n) is 5.24. The van der Waals surface area contributed by atoms with Crippen molar-refractivity contribution in [3.8, 4) is 17.2 Å². The summed E-state index contributed by atoms with van der Waals surface area (Å²) < 4.78 is 17.9. The third kappa shape index (κ3) is 5.60. The molecule has 0 heterocycles. The Balaban J connectivity index is 1.73. The van der Waals surface area contributed by atoms with Gasteiger partial charge in [0.15, 0.2) is 11.5 Å². The van der Waals surface area contributed by atoms with Crippen LogP contribution in [0.3, 0.4) is 0 Å². The van der Waals surface area contributed by atoms with E-state index < -0.39 is 0 Å². The van der Waals surface area contributed by atoms with Gasteiger partial charge in [-0.05, 0) is 65.5 Å². The summed E-state index contributed by atoms with van der Waals surface area (Å²) in [7, 11) is 1.66. The zero-order valence-electron chi connectivity index (χ0n) is 14.1. The Kier molecular flexibility index (Phi) is 7.69. The minimum atomic E-state index is 0.638. The highest BCUT2D eigenvalue weighted by molar-refractivity contribution is 9.10. The largest absolute Gasteiger partial charge is 0.493 e. The van der Waals surface area contributed by atoms with Crippen molar-refractivity contribution in [3.63, 3.8) is 0 Å². The average Bonchev–Trinajstić information content (AvgIpc) is 2.60. The van der Waals surface area contributed by atoms with E-state index in [-0.39, 0.29) is 0 Å². The number of allylic oxidation sites excluding steroid dienone is 1. The van der Waals surface area contributed by atoms with Gasteiger partial charge < -0.3 is 14.2 Å². The number of benzene rings is 2. The van der Waals surface area contributed by atoms with E-state index in [0.717, 1.165) is 40.1 Å². The molecule has 0 aliphatic carbocycles. The molecule has 0 bridgehead atoms. The fourth-order valence-electron chi connectivity index (χ4n) is 2.23. The van der Waals surface area contributed by atoms with Gasteiger partial charge in [0, 0.05) is 0 Å². The van der Waals surface area contributed by atoms with Gasteiger partial charge >= 0.3 is 0 Å². The molecule has 0 saturated heterocycles. The van der Waals surface area contributed by atoms with Crippen molar-refractivity contribution in [2.45, 2.75) is 19.8 Å². The van der Waals surface area contributed by atoms with Gasteiger partial charge in [-0.15, -0.1) is 0 Å². The van der Waals surface area contributed by atoms with Crippen LogP contribution in [0.2, 0.25) is 0 Å². The molecule has 128 valence electrons. The number of rotatable bonds is 9. The Morgan fingerprint density at radius 2 is 1.62 bits per heavy atom. The topological polar surface area (TPSA) is 27.7 Å². The molecule has 24 heavy (non-hydrogen) atoms. The van der Waals surface area contributed by atoms with Gasteiger partial charge in [-0.1, -0.05) is 30.4 Å². The van der Waals surface area contributed by atoms with Crippen LogP contribution in [0.15, 0.2) is 53.0 Å². The van der Waals surface area contributed by atoms with Gasteiger partial charge in [-0.25, -0.2) is 0 Å². The second-order valence-corrected chi connectivity index (χ2v) is 6.10. The minimum Gasteiger partial charge on any atom is -0.493 e. The molecule has 0 unspecified atom stereocenters. The van der Waals surface area contributed by atoms with E-state index in [1.54, 1.807) is 7.11 Å². The first-order valence-corrected chi connectivity index (χ1v) is 8.84. The molecule has 4 heteroatoms. The van der Waals surface area contributed by atoms with E-state index in [0.29, 0.717) is 13.2 Å². The first-order valence-electron chi connectivity index (χ1n) is 8.05. The van der Waals surface area contributed by atoms with Gasteiger partial charge in [0.05, 0.1) is 24.8 Å². The molecule has 0 fully saturated rings. The fraction of sp³-hybridized carbons (Fsp3) is 0.300. The molecule has 2 aromatic rings. The lowest BCUT2D eigenvalue weighted by Crippen LogP contribution is -2.03. The number of methoxy groups -OCH3 is 1. The molecule has 3 nitrogen and oxygen atoms in total. The zero-order valence-corrected chi connectivity index (χ0v) is 15.7. The quantitative estimate of drug-likeness (QED) is 0.511. The van der Waals surface area contributed by atoms with Gasteiger partial charge in [0.2, 0.25) is 0 Å². The van der Waals surface area contributed by atoms with Crippen LogP contribution in [-0.2, 0) is 0 Å². The Morgan fingerprint density at radius 1 is 0.917 bits per heavy atom. The summed E-state index contributed by atoms with van der Waals surface area (Å²) in [6.07, 6.45) is 5.89. The van der Waals surface area contributed by atoms with Gasteiger partial charge in [-0.2, -0.15) is 0 Å². The fourth-order valence-corrected chi connectivity index (χ4v) is 2.63. The molecular formula is C20H23BrO3. The summed E-state index contributed by atoms with van der Waals surface area (Å²) in [4.78, 5) is 0. The zero-order chi connectivity index (χ0) is 17.2. The molecule has 2 aromatic carbocycles. The summed E-state index contributed by atoms with van der Waals surface area (Å²) in [5.41, 5.74) is 1.10. The van der Waals surface area contributed by atoms with Crippen LogP contribution in [0.25, 0.3) is 6.08 Å². The van der Waals surface area contributed by atoms with Crippen LogP contribution >= 0.6 is 15.9 Å². The highest BCUT2D eigenvalue weighted by atomic mass is 79.9. The van der Waals surface area contributed by atoms with Crippen LogP contribution in [0, 0.1) is 0 Å². The lowest BCUT2D eigenvalue weighted by molar-refractivity contribution is 0.258. The lowest BCUT2D eigenvalue weighted by Gasteiger charge is -2.12. The van der Waals surface area contributed by atoms with Crippen molar-refractivity contribution >= 4 is 22.0 Å². The minimum absolute atomic E-state index is 0.638. The van der Waals surface area contributed by atoms with Gasteiger partial charge in [0.25, 0.3) is 0 Å². The molecule has 0 atom stereocenters. The predicted octanol–water partition coefficient (Wildman–Crippen LogP) is 5.73. The molecule has 0 amide bonds. The molecule has 0 aliphatic rings. The molecule has 0 N–H and O–H groups in total. The predicted molar refractivity (Wildman–Crippen MR) is 102 cm³/mol. The molecule has 0 spiro atoms. The molecule has 0 radical (unpaired) electrons. The summed E-state index contributed by atoms with van der Waals surface area (Å²) in [6, 6.07) is 13.8. The molecule has 0 aliphatic heterocycles. The molecule has 2 rings (SSSR count). The number of hydrogen-bond donors (Lipinski definition) is 0. The van der Waals surface area contributed by atoms with Crippen molar-refractivity contribution in [1.82, 2.24) is 0 Å². The van der Waals surface area contributed by atoms with Crippen molar-refractivity contribution in [1.29, 1.82) is 0 Å². The summed E-state index contributed by atoms with van der Waals surface area (Å²) in [6.45, 7) is 3.30. The third-order valence-corrected chi connectivity index (χ3v) is 4.09. The van der Waals surface area contributed by atoms with E-state index in [1.165, 1.54) is 0 Å². The van der Waals surface area contributed by atoms with Crippen LogP contribution in [0.1, 0.15) is 25.3 Å². The Labute approximate surface area is 152 Å². The van der Waals surface area contributed by atoms with Gasteiger partial charge in [-0.3, -0.25) is 0 Å². The SMILES string of the molecule is C/C=C/c1ccc(OCCCCOc2ccccc2Br)c(OC)c1. The number of para-hydroxylation sites is 1. The molecule has 0 saturated carbocycles. The highest BCUT2D eigenvalue weighted by Gasteiger charge is 2.05. The number of hydrogen-bond acceptors (Lipinski definition) is 3. The van der Waals surface area contributed by atoms with Crippen LogP contribution in [0.4, 0.5) is 0 Å². The number of ether oxygens (including phenoxy) is 3. The number of halogens is 1. The van der Waals surface area contributed by atoms with Crippen molar-refractivity contribution in [3.05, 3.63) is 58.6 Å². The summed E-state index contributed by atoms with van der Waals surface area (Å²) >= 11 is 3.47. The van der Waals surface area contributed by atoms with E-state index >= 15 is 0 Å². The first-order chi connectivity index (χ1) is 11.7. The van der Waals surface area contributed by atoms with Gasteiger partial charge in [0.1, 0.15) is 5.75 Å². The lowest BCUT2D eigenvalue weighted by atomic mass is 10.2. The van der Waals surface area contributed by atoms with E-state index in [9.17, 15) is 0 Å². The normalized spacial score (nSPS) is 10.8. The monoisotopic (exact) mass is 390 g/mol. The molecule has 0 aromatic heterocycles. The average molecular weight is 391 g/mol. The van der Waals surface area contributed by atoms with Crippen molar-refractivity contribution < 1.29 is 14.2 Å². The summed E-state index contributed by atoms with van der Waals surface area (Å²) in [5.74, 6) is 2.41. The first kappa shape index (κ1) is 18.4. The maximum atomic E-state index is 5.82. The Morgan fingerprint density at radius 3 is 2.29 bits per heavy atom. The van der Waals surface area contributed by atoms with E-state index in [1.807, 2.05) is 61.5 Å². The van der Waals surface area contributed by atoms with Crippen molar-refractivity contribution in [2.75, 3.05) is 20.3 Å². The third-order valence-electron chi connectivity index (χ3n) is 3.44. The maximum Gasteiger partial charge on any atom is 0.161 e. The molecular weight excluding hydrogens is 368 g/mol. The maximum absolute atomic E-state index is 5.82. The number of unbranched alkanes of at least 4 members (excludes halogenated alkanes) is 1.